The van der Waals surface area contributed by atoms with Gasteiger partial charge in [0, 0.05) is 38.3 Å². The predicted molar refractivity (Wildman–Crippen MR) is 82.1 cm³/mol. The number of anilines is 1. The Bertz CT molecular complexity index is 609. The molecule has 0 amide bonds. The van der Waals surface area contributed by atoms with Crippen LogP contribution in [0.4, 0.5) is 5.82 Å². The van der Waals surface area contributed by atoms with Crippen LogP contribution in [0.25, 0.3) is 6.08 Å². The van der Waals surface area contributed by atoms with E-state index in [-0.39, 0.29) is 0 Å². The molecular weight excluding hydrogens is 266 g/mol. The van der Waals surface area contributed by atoms with Gasteiger partial charge in [0.2, 0.25) is 0 Å². The van der Waals surface area contributed by atoms with E-state index in [0.717, 1.165) is 30.4 Å². The van der Waals surface area contributed by atoms with Crippen LogP contribution in [0, 0.1) is 0 Å². The van der Waals surface area contributed by atoms with E-state index in [0.29, 0.717) is 0 Å². The first-order valence-electron chi connectivity index (χ1n) is 6.62. The zero-order valence-corrected chi connectivity index (χ0v) is 11.8. The van der Waals surface area contributed by atoms with Crippen molar-refractivity contribution in [2.45, 2.75) is 6.42 Å². The molecule has 0 saturated heterocycles. The molecule has 5 heteroatoms. The van der Waals surface area contributed by atoms with Crippen LogP contribution < -0.4 is 4.90 Å². The lowest BCUT2D eigenvalue weighted by Crippen LogP contribution is -2.21. The number of nitrogens with zero attached hydrogens (tertiary/aromatic N) is 3. The van der Waals surface area contributed by atoms with Crippen LogP contribution >= 0.6 is 0 Å². The average molecular weight is 283 g/mol. The second-order valence-electron chi connectivity index (χ2n) is 4.65. The third kappa shape index (κ3) is 4.72. The normalized spacial score (nSPS) is 10.7. The van der Waals surface area contributed by atoms with E-state index < -0.39 is 5.97 Å². The van der Waals surface area contributed by atoms with Crippen molar-refractivity contribution in [2.75, 3.05) is 18.5 Å². The van der Waals surface area contributed by atoms with Gasteiger partial charge in [0.05, 0.1) is 0 Å². The van der Waals surface area contributed by atoms with Crippen molar-refractivity contribution in [3.8, 4) is 0 Å². The molecule has 2 aromatic rings. The Morgan fingerprint density at radius 3 is 2.67 bits per heavy atom. The van der Waals surface area contributed by atoms with E-state index in [1.807, 2.05) is 31.3 Å². The van der Waals surface area contributed by atoms with Crippen LogP contribution in [0.1, 0.15) is 11.1 Å². The molecule has 0 aliphatic heterocycles. The molecule has 21 heavy (non-hydrogen) atoms. The van der Waals surface area contributed by atoms with Gasteiger partial charge in [-0.05, 0) is 47.9 Å². The summed E-state index contributed by atoms with van der Waals surface area (Å²) in [7, 11) is 1.98. The first kappa shape index (κ1) is 14.7. The van der Waals surface area contributed by atoms with Gasteiger partial charge >= 0.3 is 5.97 Å². The van der Waals surface area contributed by atoms with Gasteiger partial charge < -0.3 is 10.0 Å². The standard InChI is InChI=1S/C16H17N3O2/c1-19(11-8-13-6-9-17-10-7-13)15-4-2-14(12-18-15)3-5-16(20)21/h2-7,9-10,12H,8,11H2,1H3,(H,20,21)/b5-3+. The molecule has 0 atom stereocenters. The number of aromatic nitrogens is 2. The lowest BCUT2D eigenvalue weighted by atomic mass is 10.2. The van der Waals surface area contributed by atoms with E-state index >= 15 is 0 Å². The molecule has 0 aliphatic carbocycles. The maximum atomic E-state index is 10.4. The quantitative estimate of drug-likeness (QED) is 0.824. The Kier molecular flexibility index (Phi) is 5.04. The third-order valence-corrected chi connectivity index (χ3v) is 3.07. The summed E-state index contributed by atoms with van der Waals surface area (Å²) in [6, 6.07) is 7.74. The maximum absolute atomic E-state index is 10.4. The summed E-state index contributed by atoms with van der Waals surface area (Å²) in [6.07, 6.45) is 8.79. The number of rotatable bonds is 6. The fourth-order valence-electron chi connectivity index (χ4n) is 1.85. The monoisotopic (exact) mass is 283 g/mol. The minimum atomic E-state index is -0.964. The van der Waals surface area contributed by atoms with Crippen molar-refractivity contribution in [3.63, 3.8) is 0 Å². The van der Waals surface area contributed by atoms with Gasteiger partial charge in [-0.25, -0.2) is 9.78 Å². The Hall–Kier alpha value is -2.69. The molecule has 0 saturated carbocycles. The van der Waals surface area contributed by atoms with E-state index in [4.69, 9.17) is 5.11 Å². The van der Waals surface area contributed by atoms with Gasteiger partial charge in [0.15, 0.2) is 0 Å². The molecule has 0 aromatic carbocycles. The number of hydrogen-bond donors (Lipinski definition) is 1. The summed E-state index contributed by atoms with van der Waals surface area (Å²) >= 11 is 0. The zero-order valence-electron chi connectivity index (χ0n) is 11.8. The summed E-state index contributed by atoms with van der Waals surface area (Å²) in [5.41, 5.74) is 2.00. The van der Waals surface area contributed by atoms with Crippen molar-refractivity contribution in [2.24, 2.45) is 0 Å². The van der Waals surface area contributed by atoms with Gasteiger partial charge in [-0.3, -0.25) is 4.98 Å². The summed E-state index contributed by atoms with van der Waals surface area (Å²) in [5.74, 6) is -0.106. The molecule has 0 radical (unpaired) electrons. The first-order chi connectivity index (χ1) is 10.1. The minimum Gasteiger partial charge on any atom is -0.478 e. The van der Waals surface area contributed by atoms with Crippen molar-refractivity contribution < 1.29 is 9.90 Å². The molecule has 0 aliphatic rings. The Balaban J connectivity index is 1.93. The van der Waals surface area contributed by atoms with Crippen molar-refractivity contribution in [1.82, 2.24) is 9.97 Å². The molecule has 1 N–H and O–H groups in total. The maximum Gasteiger partial charge on any atom is 0.328 e. The molecule has 2 aromatic heterocycles. The zero-order chi connectivity index (χ0) is 15.1. The molecule has 0 fully saturated rings. The van der Waals surface area contributed by atoms with Crippen LogP contribution in [-0.2, 0) is 11.2 Å². The average Bonchev–Trinajstić information content (AvgIpc) is 2.52. The summed E-state index contributed by atoms with van der Waals surface area (Å²) in [5, 5.41) is 8.58. The van der Waals surface area contributed by atoms with Crippen LogP contribution in [0.2, 0.25) is 0 Å². The van der Waals surface area contributed by atoms with E-state index in [9.17, 15) is 4.79 Å². The van der Waals surface area contributed by atoms with Gasteiger partial charge in [-0.15, -0.1) is 0 Å². The number of carbonyl (C=O) groups is 1. The van der Waals surface area contributed by atoms with Crippen molar-refractivity contribution >= 4 is 17.9 Å². The van der Waals surface area contributed by atoms with Crippen LogP contribution in [-0.4, -0.2) is 34.6 Å². The Labute approximate surface area is 123 Å². The van der Waals surface area contributed by atoms with Crippen LogP contribution in [0.5, 0.6) is 0 Å². The summed E-state index contributed by atoms with van der Waals surface area (Å²) < 4.78 is 0. The Morgan fingerprint density at radius 1 is 1.29 bits per heavy atom. The smallest absolute Gasteiger partial charge is 0.328 e. The van der Waals surface area contributed by atoms with E-state index in [1.165, 1.54) is 11.6 Å². The summed E-state index contributed by atoms with van der Waals surface area (Å²) in [6.45, 7) is 0.849. The highest BCUT2D eigenvalue weighted by Crippen LogP contribution is 2.11. The lowest BCUT2D eigenvalue weighted by molar-refractivity contribution is -0.131. The predicted octanol–water partition coefficient (Wildman–Crippen LogP) is 2.25. The Morgan fingerprint density at radius 2 is 2.05 bits per heavy atom. The minimum absolute atomic E-state index is 0.767. The highest BCUT2D eigenvalue weighted by atomic mass is 16.4. The molecule has 0 unspecified atom stereocenters. The number of carboxylic acids is 1. The molecule has 0 spiro atoms. The van der Waals surface area contributed by atoms with Gasteiger partial charge in [0.1, 0.15) is 5.82 Å². The topological polar surface area (TPSA) is 66.3 Å². The molecule has 0 bridgehead atoms. The van der Waals surface area contributed by atoms with Crippen molar-refractivity contribution in [3.05, 3.63) is 60.1 Å². The molecule has 108 valence electrons. The molecular formula is C16H17N3O2. The molecule has 5 nitrogen and oxygen atoms in total. The van der Waals surface area contributed by atoms with Gasteiger partial charge in [-0.1, -0.05) is 0 Å². The van der Waals surface area contributed by atoms with E-state index in [1.54, 1.807) is 18.6 Å². The number of pyridine rings is 2. The fraction of sp³-hybridized carbons (Fsp3) is 0.188. The number of hydrogen-bond acceptors (Lipinski definition) is 4. The van der Waals surface area contributed by atoms with Crippen LogP contribution in [0.3, 0.4) is 0 Å². The fourth-order valence-corrected chi connectivity index (χ4v) is 1.85. The van der Waals surface area contributed by atoms with Gasteiger partial charge in [0.25, 0.3) is 0 Å². The highest BCUT2D eigenvalue weighted by molar-refractivity contribution is 5.85. The number of carboxylic acid groups (broad SMARTS) is 1. The second kappa shape index (κ2) is 7.19. The highest BCUT2D eigenvalue weighted by Gasteiger charge is 2.02. The lowest BCUT2D eigenvalue weighted by Gasteiger charge is -2.18. The first-order valence-corrected chi connectivity index (χ1v) is 6.62. The van der Waals surface area contributed by atoms with Gasteiger partial charge in [-0.2, -0.15) is 0 Å². The molecule has 2 rings (SSSR count). The SMILES string of the molecule is CN(CCc1ccncc1)c1ccc(/C=C/C(=O)O)cn1. The number of likely N-dealkylation sites (N-methyl/N-ethyl adjacent to an activating group) is 1. The third-order valence-electron chi connectivity index (χ3n) is 3.07. The second-order valence-corrected chi connectivity index (χ2v) is 4.65. The molecule has 2 heterocycles. The summed E-state index contributed by atoms with van der Waals surface area (Å²) in [4.78, 5) is 20.8. The number of aliphatic carboxylic acids is 1. The van der Waals surface area contributed by atoms with Crippen molar-refractivity contribution in [1.29, 1.82) is 0 Å². The largest absolute Gasteiger partial charge is 0.478 e. The van der Waals surface area contributed by atoms with Crippen LogP contribution in [0.15, 0.2) is 48.9 Å². The van der Waals surface area contributed by atoms with E-state index in [2.05, 4.69) is 14.9 Å².